The minimum absolute atomic E-state index is 0. The second kappa shape index (κ2) is 8.95. The van der Waals surface area contributed by atoms with Gasteiger partial charge in [-0.2, -0.15) is 0 Å². The maximum Gasteiger partial charge on any atom is 0.193 e. The van der Waals surface area contributed by atoms with Crippen molar-refractivity contribution in [2.24, 2.45) is 4.99 Å². The van der Waals surface area contributed by atoms with Crippen LogP contribution in [0.4, 0.5) is 0 Å². The lowest BCUT2D eigenvalue weighted by atomic mass is 10.4. The molecule has 0 aromatic heterocycles. The number of nitrogens with zero attached hydrogens (tertiary/aromatic N) is 2. The molecule has 0 amide bonds. The number of halogens is 1. The Morgan fingerprint density at radius 1 is 1.28 bits per heavy atom. The summed E-state index contributed by atoms with van der Waals surface area (Å²) >= 11 is 0. The van der Waals surface area contributed by atoms with Crippen molar-refractivity contribution in [3.63, 3.8) is 0 Å². The summed E-state index contributed by atoms with van der Waals surface area (Å²) in [6.07, 6.45) is 2.38. The molecule has 1 aliphatic heterocycles. The van der Waals surface area contributed by atoms with Crippen molar-refractivity contribution in [3.05, 3.63) is 0 Å². The first kappa shape index (κ1) is 17.9. The summed E-state index contributed by atoms with van der Waals surface area (Å²) in [4.78, 5) is 6.58. The molecule has 0 unspecified atom stereocenters. The van der Waals surface area contributed by atoms with E-state index in [4.69, 9.17) is 0 Å². The van der Waals surface area contributed by atoms with Crippen molar-refractivity contribution < 1.29 is 8.42 Å². The molecule has 5 nitrogen and oxygen atoms in total. The largest absolute Gasteiger partial charge is 0.357 e. The van der Waals surface area contributed by atoms with E-state index in [1.54, 1.807) is 6.92 Å². The Balaban J connectivity index is 0.00000289. The first-order chi connectivity index (χ1) is 8.09. The van der Waals surface area contributed by atoms with Gasteiger partial charge in [-0.25, -0.2) is 8.42 Å². The summed E-state index contributed by atoms with van der Waals surface area (Å²) < 4.78 is 22.7. The highest BCUT2D eigenvalue weighted by molar-refractivity contribution is 14.0. The molecule has 0 aromatic rings. The van der Waals surface area contributed by atoms with Gasteiger partial charge in [-0.3, -0.25) is 4.99 Å². The van der Waals surface area contributed by atoms with Gasteiger partial charge in [0.1, 0.15) is 0 Å². The van der Waals surface area contributed by atoms with E-state index in [-0.39, 0.29) is 35.5 Å². The van der Waals surface area contributed by atoms with Gasteiger partial charge in [-0.15, -0.1) is 24.0 Å². The molecular weight excluding hydrogens is 365 g/mol. The van der Waals surface area contributed by atoms with Gasteiger partial charge in [0.05, 0.1) is 12.3 Å². The minimum Gasteiger partial charge on any atom is -0.357 e. The zero-order valence-electron chi connectivity index (χ0n) is 11.2. The molecule has 1 fully saturated rings. The molecule has 1 N–H and O–H groups in total. The first-order valence-corrected chi connectivity index (χ1v) is 8.15. The third-order valence-electron chi connectivity index (χ3n) is 2.84. The molecule has 0 atom stereocenters. The smallest absolute Gasteiger partial charge is 0.193 e. The van der Waals surface area contributed by atoms with Crippen LogP contribution in [0.1, 0.15) is 26.7 Å². The predicted octanol–water partition coefficient (Wildman–Crippen LogP) is 1.10. The van der Waals surface area contributed by atoms with Crippen LogP contribution in [0.15, 0.2) is 4.99 Å². The Morgan fingerprint density at radius 3 is 2.39 bits per heavy atom. The van der Waals surface area contributed by atoms with Crippen LogP contribution in [-0.2, 0) is 9.84 Å². The van der Waals surface area contributed by atoms with Crippen LogP contribution in [0.2, 0.25) is 0 Å². The molecule has 1 aliphatic rings. The molecule has 1 saturated heterocycles. The van der Waals surface area contributed by atoms with Gasteiger partial charge >= 0.3 is 0 Å². The van der Waals surface area contributed by atoms with Crippen LogP contribution in [0, 0.1) is 0 Å². The number of guanidine groups is 1. The zero-order valence-corrected chi connectivity index (χ0v) is 14.3. The third-order valence-corrected chi connectivity index (χ3v) is 4.53. The highest BCUT2D eigenvalue weighted by Gasteiger charge is 2.15. The molecule has 18 heavy (non-hydrogen) atoms. The van der Waals surface area contributed by atoms with E-state index >= 15 is 0 Å². The second-order valence-corrected chi connectivity index (χ2v) is 6.64. The molecule has 108 valence electrons. The van der Waals surface area contributed by atoms with E-state index in [2.05, 4.69) is 15.2 Å². The number of likely N-dealkylation sites (tertiary alicyclic amines) is 1. The van der Waals surface area contributed by atoms with Gasteiger partial charge in [-0.1, -0.05) is 6.92 Å². The molecule has 0 aliphatic carbocycles. The molecule has 0 bridgehead atoms. The van der Waals surface area contributed by atoms with Gasteiger partial charge in [0.15, 0.2) is 15.8 Å². The number of aliphatic imine (C=N–C) groups is 1. The average Bonchev–Trinajstić information content (AvgIpc) is 2.81. The fourth-order valence-electron chi connectivity index (χ4n) is 1.79. The van der Waals surface area contributed by atoms with Crippen molar-refractivity contribution in [2.75, 3.05) is 37.7 Å². The molecule has 0 radical (unpaired) electrons. The van der Waals surface area contributed by atoms with E-state index in [1.165, 1.54) is 12.8 Å². The average molecular weight is 389 g/mol. The van der Waals surface area contributed by atoms with E-state index < -0.39 is 9.84 Å². The number of hydrogen-bond donors (Lipinski definition) is 1. The Hall–Kier alpha value is -0.0500. The van der Waals surface area contributed by atoms with Gasteiger partial charge in [0, 0.05) is 25.4 Å². The highest BCUT2D eigenvalue weighted by Crippen LogP contribution is 2.07. The monoisotopic (exact) mass is 389 g/mol. The molecular formula is C11H24IN3O2S. The van der Waals surface area contributed by atoms with Crippen molar-refractivity contribution in [1.29, 1.82) is 0 Å². The first-order valence-electron chi connectivity index (χ1n) is 6.32. The Morgan fingerprint density at radius 2 is 1.89 bits per heavy atom. The van der Waals surface area contributed by atoms with Crippen LogP contribution >= 0.6 is 24.0 Å². The maximum absolute atomic E-state index is 11.4. The quantitative estimate of drug-likeness (QED) is 0.435. The van der Waals surface area contributed by atoms with E-state index in [0.717, 1.165) is 25.6 Å². The Bertz CT molecular complexity index is 351. The lowest BCUT2D eigenvalue weighted by Crippen LogP contribution is -2.39. The highest BCUT2D eigenvalue weighted by atomic mass is 127. The van der Waals surface area contributed by atoms with Crippen molar-refractivity contribution in [1.82, 2.24) is 10.2 Å². The van der Waals surface area contributed by atoms with Crippen molar-refractivity contribution in [2.45, 2.75) is 26.7 Å². The summed E-state index contributed by atoms with van der Waals surface area (Å²) in [5.74, 6) is 1.20. The fraction of sp³-hybridized carbons (Fsp3) is 0.909. The fourth-order valence-corrected chi connectivity index (χ4v) is 2.45. The van der Waals surface area contributed by atoms with Crippen molar-refractivity contribution in [3.8, 4) is 0 Å². The molecule has 0 aromatic carbocycles. The summed E-state index contributed by atoms with van der Waals surface area (Å²) in [5.41, 5.74) is 0. The third kappa shape index (κ3) is 6.21. The Labute approximate surface area is 127 Å². The zero-order chi connectivity index (χ0) is 12.7. The Kier molecular flexibility index (Phi) is 8.93. The van der Waals surface area contributed by atoms with Gasteiger partial charge < -0.3 is 10.2 Å². The molecule has 7 heteroatoms. The molecule has 0 spiro atoms. The summed E-state index contributed by atoms with van der Waals surface area (Å²) in [7, 11) is -2.91. The number of sulfone groups is 1. The van der Waals surface area contributed by atoms with Crippen molar-refractivity contribution >= 4 is 39.8 Å². The van der Waals surface area contributed by atoms with Crippen LogP contribution in [0.25, 0.3) is 0 Å². The maximum atomic E-state index is 11.4. The lowest BCUT2D eigenvalue weighted by molar-refractivity contribution is 0.494. The normalized spacial score (nSPS) is 16.6. The summed E-state index contributed by atoms with van der Waals surface area (Å²) in [6, 6.07) is 0. The molecule has 0 saturated carbocycles. The standard InChI is InChI=1S/C11H23N3O2S.HI/c1-3-12-11(14-8-5-6-9-14)13-7-10-17(15,16)4-2;/h3-10H2,1-2H3,(H,12,13);1H. The number of rotatable bonds is 5. The molecule has 1 heterocycles. The van der Waals surface area contributed by atoms with Gasteiger partial charge in [0.25, 0.3) is 0 Å². The lowest BCUT2D eigenvalue weighted by Gasteiger charge is -2.20. The van der Waals surface area contributed by atoms with Crippen LogP contribution in [-0.4, -0.2) is 57.0 Å². The topological polar surface area (TPSA) is 61.8 Å². The van der Waals surface area contributed by atoms with Crippen LogP contribution in [0.5, 0.6) is 0 Å². The van der Waals surface area contributed by atoms with E-state index in [0.29, 0.717) is 6.54 Å². The summed E-state index contributed by atoms with van der Waals surface area (Å²) in [5, 5.41) is 3.21. The van der Waals surface area contributed by atoms with Crippen LogP contribution in [0.3, 0.4) is 0 Å². The molecule has 1 rings (SSSR count). The van der Waals surface area contributed by atoms with E-state index in [9.17, 15) is 8.42 Å². The predicted molar refractivity (Wildman–Crippen MR) is 86.5 cm³/mol. The van der Waals surface area contributed by atoms with Gasteiger partial charge in [0.2, 0.25) is 0 Å². The minimum atomic E-state index is -2.91. The van der Waals surface area contributed by atoms with Gasteiger partial charge in [-0.05, 0) is 19.8 Å². The second-order valence-electron chi connectivity index (χ2n) is 4.17. The van der Waals surface area contributed by atoms with Crippen LogP contribution < -0.4 is 5.32 Å². The number of hydrogen-bond acceptors (Lipinski definition) is 3. The SMILES string of the molecule is CCNC(=NCCS(=O)(=O)CC)N1CCCC1.I. The number of nitrogens with one attached hydrogen (secondary N) is 1. The van der Waals surface area contributed by atoms with E-state index in [1.807, 2.05) is 6.92 Å². The summed E-state index contributed by atoms with van der Waals surface area (Å²) in [6.45, 7) is 6.91.